The average Bonchev–Trinajstić information content (AvgIpc) is 2.28. The van der Waals surface area contributed by atoms with Gasteiger partial charge in [-0.1, -0.05) is 0 Å². The van der Waals surface area contributed by atoms with Crippen molar-refractivity contribution in [2.45, 2.75) is 46.1 Å². The van der Waals surface area contributed by atoms with Gasteiger partial charge in [0.1, 0.15) is 0 Å². The molecule has 0 radical (unpaired) electrons. The summed E-state index contributed by atoms with van der Waals surface area (Å²) in [5.74, 6) is 0.0549. The summed E-state index contributed by atoms with van der Waals surface area (Å²) >= 11 is 0. The van der Waals surface area contributed by atoms with Crippen molar-refractivity contribution in [1.29, 1.82) is 0 Å². The number of esters is 1. The van der Waals surface area contributed by atoms with Crippen LogP contribution in [0.1, 0.15) is 40.5 Å². The standard InChI is InChI=1S/C14H28N2O2/c1-5-18-13(17)12-7-6-9-16(11-12)10-8-15-14(2,3)4/h12,15H,5-11H2,1-4H3. The molecule has 0 aromatic carbocycles. The minimum absolute atomic E-state index is 0.0222. The van der Waals surface area contributed by atoms with Crippen LogP contribution in [0.5, 0.6) is 0 Å². The highest BCUT2D eigenvalue weighted by molar-refractivity contribution is 5.72. The second-order valence-corrected chi connectivity index (χ2v) is 6.07. The molecule has 1 aliphatic rings. The van der Waals surface area contributed by atoms with E-state index in [-0.39, 0.29) is 17.4 Å². The smallest absolute Gasteiger partial charge is 0.310 e. The summed E-state index contributed by atoms with van der Waals surface area (Å²) in [7, 11) is 0. The van der Waals surface area contributed by atoms with Crippen molar-refractivity contribution in [3.63, 3.8) is 0 Å². The summed E-state index contributed by atoms with van der Waals surface area (Å²) in [6.45, 7) is 12.8. The molecule has 1 unspecified atom stereocenters. The number of nitrogens with one attached hydrogen (secondary N) is 1. The van der Waals surface area contributed by atoms with Crippen LogP contribution in [0.25, 0.3) is 0 Å². The molecule has 1 rings (SSSR count). The van der Waals surface area contributed by atoms with Crippen LogP contribution in [0.4, 0.5) is 0 Å². The summed E-state index contributed by atoms with van der Waals surface area (Å²) in [5.41, 5.74) is 0.163. The van der Waals surface area contributed by atoms with Crippen LogP contribution in [0.15, 0.2) is 0 Å². The largest absolute Gasteiger partial charge is 0.466 e. The lowest BCUT2D eigenvalue weighted by atomic mass is 9.98. The highest BCUT2D eigenvalue weighted by Gasteiger charge is 2.26. The molecule has 0 saturated carbocycles. The van der Waals surface area contributed by atoms with Crippen LogP contribution in [0.3, 0.4) is 0 Å². The first-order chi connectivity index (χ1) is 8.42. The first-order valence-corrected chi connectivity index (χ1v) is 7.06. The molecule has 1 atom stereocenters. The van der Waals surface area contributed by atoms with Gasteiger partial charge >= 0.3 is 5.97 Å². The predicted molar refractivity (Wildman–Crippen MR) is 73.6 cm³/mol. The van der Waals surface area contributed by atoms with Gasteiger partial charge in [-0.15, -0.1) is 0 Å². The summed E-state index contributed by atoms with van der Waals surface area (Å²) < 4.78 is 5.11. The molecule has 1 saturated heterocycles. The van der Waals surface area contributed by atoms with E-state index >= 15 is 0 Å². The third kappa shape index (κ3) is 5.83. The molecule has 0 spiro atoms. The third-order valence-electron chi connectivity index (χ3n) is 3.21. The zero-order valence-electron chi connectivity index (χ0n) is 12.3. The summed E-state index contributed by atoms with van der Waals surface area (Å²) in [6, 6.07) is 0. The Bertz CT molecular complexity index is 261. The lowest BCUT2D eigenvalue weighted by molar-refractivity contribution is -0.149. The Morgan fingerprint density at radius 1 is 1.44 bits per heavy atom. The molecular formula is C14H28N2O2. The van der Waals surface area contributed by atoms with Gasteiger partial charge in [-0.3, -0.25) is 4.79 Å². The van der Waals surface area contributed by atoms with E-state index in [0.717, 1.165) is 39.0 Å². The van der Waals surface area contributed by atoms with Gasteiger partial charge in [-0.05, 0) is 47.1 Å². The molecule has 1 N–H and O–H groups in total. The van der Waals surface area contributed by atoms with E-state index in [1.54, 1.807) is 0 Å². The minimum Gasteiger partial charge on any atom is -0.466 e. The molecule has 1 heterocycles. The maximum absolute atomic E-state index is 11.7. The van der Waals surface area contributed by atoms with Crippen molar-refractivity contribution < 1.29 is 9.53 Å². The normalized spacial score (nSPS) is 21.9. The Balaban J connectivity index is 2.28. The van der Waals surface area contributed by atoms with Crippen molar-refractivity contribution in [2.75, 3.05) is 32.8 Å². The number of likely N-dealkylation sites (tertiary alicyclic amines) is 1. The van der Waals surface area contributed by atoms with Crippen molar-refractivity contribution in [2.24, 2.45) is 5.92 Å². The lowest BCUT2D eigenvalue weighted by Gasteiger charge is -2.32. The summed E-state index contributed by atoms with van der Waals surface area (Å²) in [4.78, 5) is 14.1. The number of carbonyl (C=O) groups is 1. The van der Waals surface area contributed by atoms with Crippen LogP contribution in [-0.2, 0) is 9.53 Å². The van der Waals surface area contributed by atoms with Gasteiger partial charge in [0, 0.05) is 25.2 Å². The molecule has 0 aliphatic carbocycles. The van der Waals surface area contributed by atoms with Crippen LogP contribution >= 0.6 is 0 Å². The molecule has 0 amide bonds. The van der Waals surface area contributed by atoms with Crippen molar-refractivity contribution in [3.8, 4) is 0 Å². The van der Waals surface area contributed by atoms with Crippen LogP contribution in [0.2, 0.25) is 0 Å². The predicted octanol–water partition coefficient (Wildman–Crippen LogP) is 1.65. The SMILES string of the molecule is CCOC(=O)C1CCCN(CCNC(C)(C)C)C1. The number of hydrogen-bond donors (Lipinski definition) is 1. The zero-order chi connectivity index (χ0) is 13.6. The van der Waals surface area contributed by atoms with Gasteiger partial charge in [-0.2, -0.15) is 0 Å². The van der Waals surface area contributed by atoms with E-state index in [0.29, 0.717) is 6.61 Å². The van der Waals surface area contributed by atoms with E-state index in [1.165, 1.54) is 0 Å². The Labute approximate surface area is 111 Å². The molecule has 0 bridgehead atoms. The van der Waals surface area contributed by atoms with E-state index in [4.69, 9.17) is 4.74 Å². The number of hydrogen-bond acceptors (Lipinski definition) is 4. The fraction of sp³-hybridized carbons (Fsp3) is 0.929. The lowest BCUT2D eigenvalue weighted by Crippen LogP contribution is -2.45. The van der Waals surface area contributed by atoms with Gasteiger partial charge in [-0.25, -0.2) is 0 Å². The number of piperidine rings is 1. The Morgan fingerprint density at radius 3 is 2.78 bits per heavy atom. The van der Waals surface area contributed by atoms with Crippen molar-refractivity contribution in [1.82, 2.24) is 10.2 Å². The second-order valence-electron chi connectivity index (χ2n) is 6.07. The number of rotatable bonds is 5. The minimum atomic E-state index is -0.0222. The molecule has 1 fully saturated rings. The fourth-order valence-electron chi connectivity index (χ4n) is 2.30. The van der Waals surface area contributed by atoms with Crippen LogP contribution in [0, 0.1) is 5.92 Å². The molecule has 18 heavy (non-hydrogen) atoms. The van der Waals surface area contributed by atoms with E-state index in [9.17, 15) is 4.79 Å². The number of ether oxygens (including phenoxy) is 1. The Kier molecular flexibility index (Phi) is 6.09. The second kappa shape index (κ2) is 7.10. The molecule has 1 aliphatic heterocycles. The summed E-state index contributed by atoms with van der Waals surface area (Å²) in [6.07, 6.45) is 2.07. The Morgan fingerprint density at radius 2 is 2.17 bits per heavy atom. The van der Waals surface area contributed by atoms with E-state index < -0.39 is 0 Å². The maximum Gasteiger partial charge on any atom is 0.310 e. The monoisotopic (exact) mass is 256 g/mol. The van der Waals surface area contributed by atoms with Crippen molar-refractivity contribution in [3.05, 3.63) is 0 Å². The molecule has 4 nitrogen and oxygen atoms in total. The van der Waals surface area contributed by atoms with E-state index in [2.05, 4.69) is 31.0 Å². The quantitative estimate of drug-likeness (QED) is 0.760. The van der Waals surface area contributed by atoms with Gasteiger partial charge in [0.2, 0.25) is 0 Å². The first kappa shape index (κ1) is 15.4. The molecule has 0 aromatic heterocycles. The Hall–Kier alpha value is -0.610. The maximum atomic E-state index is 11.7. The highest BCUT2D eigenvalue weighted by atomic mass is 16.5. The zero-order valence-corrected chi connectivity index (χ0v) is 12.3. The van der Waals surface area contributed by atoms with E-state index in [1.807, 2.05) is 6.92 Å². The molecule has 106 valence electrons. The number of carbonyl (C=O) groups excluding carboxylic acids is 1. The topological polar surface area (TPSA) is 41.6 Å². The summed E-state index contributed by atoms with van der Waals surface area (Å²) in [5, 5.41) is 3.48. The fourth-order valence-corrected chi connectivity index (χ4v) is 2.30. The van der Waals surface area contributed by atoms with Crippen LogP contribution in [-0.4, -0.2) is 49.2 Å². The van der Waals surface area contributed by atoms with Gasteiger partial charge in [0.25, 0.3) is 0 Å². The van der Waals surface area contributed by atoms with Gasteiger partial charge in [0.15, 0.2) is 0 Å². The van der Waals surface area contributed by atoms with Gasteiger partial charge < -0.3 is 15.0 Å². The number of nitrogens with zero attached hydrogens (tertiary/aromatic N) is 1. The molecular weight excluding hydrogens is 228 g/mol. The molecule has 0 aromatic rings. The van der Waals surface area contributed by atoms with Crippen molar-refractivity contribution >= 4 is 5.97 Å². The van der Waals surface area contributed by atoms with Crippen LogP contribution < -0.4 is 5.32 Å². The average molecular weight is 256 g/mol. The molecule has 4 heteroatoms. The highest BCUT2D eigenvalue weighted by Crippen LogP contribution is 2.17. The first-order valence-electron chi connectivity index (χ1n) is 7.06. The third-order valence-corrected chi connectivity index (χ3v) is 3.21. The van der Waals surface area contributed by atoms with Gasteiger partial charge in [0.05, 0.1) is 12.5 Å².